The maximum Gasteiger partial charge on any atom is 0.411 e. The lowest BCUT2D eigenvalue weighted by Crippen LogP contribution is -2.25. The molecule has 0 bridgehead atoms. The van der Waals surface area contributed by atoms with Crippen molar-refractivity contribution in [2.45, 2.75) is 64.2 Å². The highest BCUT2D eigenvalue weighted by Gasteiger charge is 2.31. The van der Waals surface area contributed by atoms with Crippen LogP contribution in [0.2, 0.25) is 0 Å². The van der Waals surface area contributed by atoms with Crippen molar-refractivity contribution in [3.8, 4) is 17.0 Å². The molecule has 3 aromatic rings. The van der Waals surface area contributed by atoms with Gasteiger partial charge < -0.3 is 24.5 Å². The molecule has 6 rings (SSSR count). The Kier molecular flexibility index (Phi) is 6.25. The highest BCUT2D eigenvalue weighted by atomic mass is 16.6. The molecule has 2 saturated carbocycles. The summed E-state index contributed by atoms with van der Waals surface area (Å²) < 4.78 is 19.6. The monoisotopic (exact) mass is 489 g/mol. The van der Waals surface area contributed by atoms with Crippen LogP contribution < -0.4 is 15.8 Å². The first kappa shape index (κ1) is 23.2. The number of carbonyl (C=O) groups is 1. The van der Waals surface area contributed by atoms with Crippen molar-refractivity contribution >= 4 is 28.4 Å². The number of nitrogens with zero attached hydrogens (tertiary/aromatic N) is 1. The number of nitrogens with two attached hydrogens (primary N) is 1. The van der Waals surface area contributed by atoms with E-state index in [1.165, 1.54) is 12.8 Å². The molecule has 1 aliphatic heterocycles. The van der Waals surface area contributed by atoms with Crippen LogP contribution in [0.4, 0.5) is 16.2 Å². The van der Waals surface area contributed by atoms with E-state index in [0.717, 1.165) is 79.0 Å². The molecule has 3 N–H and O–H groups in total. The molecule has 0 radical (unpaired) electrons. The van der Waals surface area contributed by atoms with Gasteiger partial charge in [0, 0.05) is 42.1 Å². The molecule has 7 heteroatoms. The summed E-state index contributed by atoms with van der Waals surface area (Å²) in [5.41, 5.74) is 11.4. The third-order valence-corrected chi connectivity index (χ3v) is 7.67. The van der Waals surface area contributed by atoms with E-state index in [-0.39, 0.29) is 12.2 Å². The van der Waals surface area contributed by atoms with Crippen molar-refractivity contribution in [2.75, 3.05) is 24.3 Å². The average molecular weight is 490 g/mol. The molecule has 190 valence electrons. The predicted octanol–water partition coefficient (Wildman–Crippen LogP) is 6.21. The molecule has 7 nitrogen and oxygen atoms in total. The molecule has 36 heavy (non-hydrogen) atoms. The summed E-state index contributed by atoms with van der Waals surface area (Å²) in [5, 5.41) is 3.90. The number of nitrogens with one attached hydrogen (secondary N) is 1. The quantitative estimate of drug-likeness (QED) is 0.393. The molecule has 0 spiro atoms. The fourth-order valence-electron chi connectivity index (χ4n) is 5.16. The van der Waals surface area contributed by atoms with Gasteiger partial charge in [-0.1, -0.05) is 12.1 Å². The Morgan fingerprint density at radius 2 is 1.83 bits per heavy atom. The fraction of sp³-hybridized carbons (Fsp3) is 0.483. The van der Waals surface area contributed by atoms with E-state index in [2.05, 4.69) is 22.0 Å². The SMILES string of the molecule is CC(OC(=O)Nc1ccc(-c2c(N)c3ccc(OC4CCOCC4)cc3n2CC2CC2)cc1)C1CC1. The van der Waals surface area contributed by atoms with Gasteiger partial charge in [-0.05, 0) is 68.7 Å². The molecule has 1 aromatic heterocycles. The largest absolute Gasteiger partial charge is 0.490 e. The second-order valence-corrected chi connectivity index (χ2v) is 10.6. The summed E-state index contributed by atoms with van der Waals surface area (Å²) in [6.07, 6.45) is 6.38. The molecule has 2 aliphatic carbocycles. The number of nitrogen functional groups attached to an aromatic ring is 1. The van der Waals surface area contributed by atoms with Gasteiger partial charge in [-0.2, -0.15) is 0 Å². The third kappa shape index (κ3) is 5.03. The average Bonchev–Trinajstić information content (AvgIpc) is 3.80. The molecule has 2 aromatic carbocycles. The topological polar surface area (TPSA) is 87.7 Å². The van der Waals surface area contributed by atoms with Gasteiger partial charge >= 0.3 is 6.09 Å². The highest BCUT2D eigenvalue weighted by Crippen LogP contribution is 2.41. The normalized spacial score (nSPS) is 19.2. The van der Waals surface area contributed by atoms with Crippen molar-refractivity contribution in [1.29, 1.82) is 0 Å². The Morgan fingerprint density at radius 3 is 2.53 bits per heavy atom. The van der Waals surface area contributed by atoms with E-state index >= 15 is 0 Å². The van der Waals surface area contributed by atoms with Gasteiger partial charge in [0.15, 0.2) is 0 Å². The predicted molar refractivity (Wildman–Crippen MR) is 141 cm³/mol. The van der Waals surface area contributed by atoms with E-state index in [1.54, 1.807) is 0 Å². The van der Waals surface area contributed by atoms with Gasteiger partial charge in [-0.3, -0.25) is 5.32 Å². The summed E-state index contributed by atoms with van der Waals surface area (Å²) >= 11 is 0. The minimum Gasteiger partial charge on any atom is -0.490 e. The standard InChI is InChI=1S/C29H35N3O4/c1-18(20-4-5-20)35-29(33)31-22-8-6-21(7-9-22)28-27(30)25-11-10-24(36-23-12-14-34-15-13-23)16-26(25)32(28)17-19-2-3-19/h6-11,16,18-20,23H,2-5,12-15,17,30H2,1H3,(H,31,33). The van der Waals surface area contributed by atoms with Crippen LogP contribution in [0.15, 0.2) is 42.5 Å². The lowest BCUT2D eigenvalue weighted by molar-refractivity contribution is 0.0256. The summed E-state index contributed by atoms with van der Waals surface area (Å²) in [4.78, 5) is 12.3. The van der Waals surface area contributed by atoms with Crippen molar-refractivity contribution in [3.63, 3.8) is 0 Å². The van der Waals surface area contributed by atoms with Crippen LogP contribution in [0.25, 0.3) is 22.2 Å². The summed E-state index contributed by atoms with van der Waals surface area (Å²) in [6.45, 7) is 4.41. The third-order valence-electron chi connectivity index (χ3n) is 7.67. The molecular weight excluding hydrogens is 454 g/mol. The van der Waals surface area contributed by atoms with Gasteiger partial charge in [-0.25, -0.2) is 4.79 Å². The highest BCUT2D eigenvalue weighted by molar-refractivity contribution is 6.01. The number of aromatic nitrogens is 1. The second kappa shape index (κ2) is 9.69. The van der Waals surface area contributed by atoms with Crippen LogP contribution in [0, 0.1) is 11.8 Å². The molecule has 1 saturated heterocycles. The van der Waals surface area contributed by atoms with Crippen LogP contribution >= 0.6 is 0 Å². The van der Waals surface area contributed by atoms with E-state index in [9.17, 15) is 4.79 Å². The fourth-order valence-corrected chi connectivity index (χ4v) is 5.16. The summed E-state index contributed by atoms with van der Waals surface area (Å²) in [6, 6.07) is 14.1. The number of ether oxygens (including phenoxy) is 3. The summed E-state index contributed by atoms with van der Waals surface area (Å²) in [7, 11) is 0. The molecule has 1 amide bonds. The van der Waals surface area contributed by atoms with Crippen LogP contribution in [0.1, 0.15) is 45.4 Å². The van der Waals surface area contributed by atoms with Crippen molar-refractivity contribution in [3.05, 3.63) is 42.5 Å². The molecule has 1 unspecified atom stereocenters. The lowest BCUT2D eigenvalue weighted by Gasteiger charge is -2.23. The Labute approximate surface area is 211 Å². The Morgan fingerprint density at radius 1 is 1.08 bits per heavy atom. The van der Waals surface area contributed by atoms with E-state index in [1.807, 2.05) is 37.3 Å². The second-order valence-electron chi connectivity index (χ2n) is 10.6. The number of anilines is 2. The zero-order valence-electron chi connectivity index (χ0n) is 20.9. The van der Waals surface area contributed by atoms with Gasteiger partial charge in [0.2, 0.25) is 0 Å². The molecule has 2 heterocycles. The number of benzene rings is 2. The molecular formula is C29H35N3O4. The zero-order valence-corrected chi connectivity index (χ0v) is 20.9. The first-order chi connectivity index (χ1) is 17.5. The Balaban J connectivity index is 1.26. The number of hydrogen-bond donors (Lipinski definition) is 2. The lowest BCUT2D eigenvalue weighted by atomic mass is 10.1. The molecule has 3 aliphatic rings. The molecule has 3 fully saturated rings. The molecule has 1 atom stereocenters. The first-order valence-corrected chi connectivity index (χ1v) is 13.3. The minimum atomic E-state index is -0.401. The number of fused-ring (bicyclic) bond motifs is 1. The van der Waals surface area contributed by atoms with Gasteiger partial charge in [-0.15, -0.1) is 0 Å². The Hall–Kier alpha value is -3.19. The van der Waals surface area contributed by atoms with Crippen LogP contribution in [0.5, 0.6) is 5.75 Å². The van der Waals surface area contributed by atoms with Gasteiger partial charge in [0.25, 0.3) is 0 Å². The van der Waals surface area contributed by atoms with E-state index in [4.69, 9.17) is 19.9 Å². The maximum atomic E-state index is 12.3. The van der Waals surface area contributed by atoms with Crippen molar-refractivity contribution in [2.24, 2.45) is 11.8 Å². The number of carbonyl (C=O) groups excluding carboxylic acids is 1. The van der Waals surface area contributed by atoms with Gasteiger partial charge in [0.05, 0.1) is 30.1 Å². The first-order valence-electron chi connectivity index (χ1n) is 13.3. The van der Waals surface area contributed by atoms with Gasteiger partial charge in [0.1, 0.15) is 18.0 Å². The Bertz CT molecular complexity index is 1240. The van der Waals surface area contributed by atoms with Crippen LogP contribution in [-0.2, 0) is 16.0 Å². The minimum absolute atomic E-state index is 0.0393. The van der Waals surface area contributed by atoms with E-state index in [0.29, 0.717) is 17.5 Å². The number of hydrogen-bond acceptors (Lipinski definition) is 5. The maximum absolute atomic E-state index is 12.3. The van der Waals surface area contributed by atoms with Crippen molar-refractivity contribution < 1.29 is 19.0 Å². The smallest absolute Gasteiger partial charge is 0.411 e. The van der Waals surface area contributed by atoms with E-state index < -0.39 is 6.09 Å². The number of amides is 1. The van der Waals surface area contributed by atoms with Crippen LogP contribution in [-0.4, -0.2) is 36.1 Å². The summed E-state index contributed by atoms with van der Waals surface area (Å²) in [5.74, 6) is 2.08. The number of rotatable bonds is 8. The van der Waals surface area contributed by atoms with Crippen LogP contribution in [0.3, 0.4) is 0 Å². The van der Waals surface area contributed by atoms with Crippen molar-refractivity contribution in [1.82, 2.24) is 4.57 Å². The zero-order chi connectivity index (χ0) is 24.6.